The van der Waals surface area contributed by atoms with Gasteiger partial charge in [0.25, 0.3) is 5.91 Å². The number of pyridine rings is 1. The summed E-state index contributed by atoms with van der Waals surface area (Å²) in [5, 5.41) is 6.46. The number of hydrogen-bond donors (Lipinski definition) is 2. The fourth-order valence-corrected chi connectivity index (χ4v) is 2.80. The van der Waals surface area contributed by atoms with Crippen molar-refractivity contribution in [3.63, 3.8) is 0 Å². The summed E-state index contributed by atoms with van der Waals surface area (Å²) in [6.45, 7) is 7.45. The van der Waals surface area contributed by atoms with Crippen LogP contribution in [0.4, 0.5) is 5.69 Å². The molecule has 1 amide bonds. The minimum Gasteiger partial charge on any atom is -0.384 e. The topological polar surface area (TPSA) is 54.0 Å². The molecule has 0 radical (unpaired) electrons. The number of hydrogen-bond acceptors (Lipinski definition) is 3. The van der Waals surface area contributed by atoms with E-state index in [0.717, 1.165) is 25.1 Å². The Morgan fingerprint density at radius 1 is 1.40 bits per heavy atom. The molecule has 1 heterocycles. The first-order chi connectivity index (χ1) is 9.63. The Kier molecular flexibility index (Phi) is 4.99. The van der Waals surface area contributed by atoms with Crippen LogP contribution in [-0.2, 0) is 0 Å². The zero-order valence-electron chi connectivity index (χ0n) is 12.6. The van der Waals surface area contributed by atoms with E-state index in [4.69, 9.17) is 0 Å². The second-order valence-electron chi connectivity index (χ2n) is 5.84. The molecule has 20 heavy (non-hydrogen) atoms. The van der Waals surface area contributed by atoms with E-state index < -0.39 is 0 Å². The molecule has 2 rings (SSSR count). The quantitative estimate of drug-likeness (QED) is 0.868. The minimum absolute atomic E-state index is 0.0114. The molecular formula is C16H25N3O. The van der Waals surface area contributed by atoms with Crippen molar-refractivity contribution in [2.24, 2.45) is 11.8 Å². The average Bonchev–Trinajstić information content (AvgIpc) is 2.77. The molecule has 1 aromatic heterocycles. The van der Waals surface area contributed by atoms with Gasteiger partial charge in [-0.2, -0.15) is 0 Å². The van der Waals surface area contributed by atoms with E-state index >= 15 is 0 Å². The van der Waals surface area contributed by atoms with Crippen LogP contribution >= 0.6 is 0 Å². The fraction of sp³-hybridized carbons (Fsp3) is 0.625. The molecule has 1 aliphatic carbocycles. The molecule has 4 heteroatoms. The van der Waals surface area contributed by atoms with Gasteiger partial charge in [-0.25, -0.2) is 0 Å². The number of carbonyl (C=O) groups is 1. The van der Waals surface area contributed by atoms with Gasteiger partial charge in [-0.15, -0.1) is 0 Å². The van der Waals surface area contributed by atoms with Crippen molar-refractivity contribution in [2.45, 2.75) is 46.1 Å². The Bertz CT molecular complexity index is 461. The van der Waals surface area contributed by atoms with Gasteiger partial charge in [-0.05, 0) is 37.2 Å². The zero-order chi connectivity index (χ0) is 14.5. The van der Waals surface area contributed by atoms with Gasteiger partial charge < -0.3 is 10.6 Å². The number of nitrogens with one attached hydrogen (secondary N) is 2. The highest BCUT2D eigenvalue weighted by atomic mass is 16.1. The molecule has 0 spiro atoms. The van der Waals surface area contributed by atoms with Crippen LogP contribution in [0.5, 0.6) is 0 Å². The van der Waals surface area contributed by atoms with E-state index in [1.165, 1.54) is 6.42 Å². The van der Waals surface area contributed by atoms with E-state index in [-0.39, 0.29) is 11.9 Å². The third-order valence-corrected chi connectivity index (χ3v) is 4.41. The van der Waals surface area contributed by atoms with Gasteiger partial charge in [0.2, 0.25) is 0 Å². The fourth-order valence-electron chi connectivity index (χ4n) is 2.80. The smallest absolute Gasteiger partial charge is 0.255 e. The SMILES string of the molecule is CCCNc1ccncc1C(=O)NC1CCC(C)C1C. The third kappa shape index (κ3) is 3.30. The summed E-state index contributed by atoms with van der Waals surface area (Å²) in [5.74, 6) is 1.22. The van der Waals surface area contributed by atoms with Gasteiger partial charge >= 0.3 is 0 Å². The summed E-state index contributed by atoms with van der Waals surface area (Å²) in [7, 11) is 0. The summed E-state index contributed by atoms with van der Waals surface area (Å²) < 4.78 is 0. The van der Waals surface area contributed by atoms with E-state index in [1.807, 2.05) is 6.07 Å². The van der Waals surface area contributed by atoms with Gasteiger partial charge in [0.15, 0.2) is 0 Å². The molecule has 0 bridgehead atoms. The highest BCUT2D eigenvalue weighted by molar-refractivity contribution is 5.99. The molecule has 0 aromatic carbocycles. The van der Waals surface area contributed by atoms with Gasteiger partial charge in [0, 0.05) is 25.0 Å². The number of rotatable bonds is 5. The molecule has 0 saturated heterocycles. The summed E-state index contributed by atoms with van der Waals surface area (Å²) in [6.07, 6.45) is 6.66. The highest BCUT2D eigenvalue weighted by Gasteiger charge is 2.31. The van der Waals surface area contributed by atoms with E-state index in [9.17, 15) is 4.79 Å². The maximum atomic E-state index is 12.4. The van der Waals surface area contributed by atoms with Crippen LogP contribution in [0.2, 0.25) is 0 Å². The first-order valence-electron chi connectivity index (χ1n) is 7.62. The Morgan fingerprint density at radius 3 is 2.85 bits per heavy atom. The first-order valence-corrected chi connectivity index (χ1v) is 7.62. The van der Waals surface area contributed by atoms with Crippen molar-refractivity contribution in [2.75, 3.05) is 11.9 Å². The molecule has 4 nitrogen and oxygen atoms in total. The number of amides is 1. The van der Waals surface area contributed by atoms with Crippen molar-refractivity contribution in [1.82, 2.24) is 10.3 Å². The number of carbonyl (C=O) groups excluding carboxylic acids is 1. The monoisotopic (exact) mass is 275 g/mol. The molecule has 0 aliphatic heterocycles. The molecule has 1 aliphatic rings. The van der Waals surface area contributed by atoms with E-state index in [2.05, 4.69) is 36.4 Å². The molecule has 2 N–H and O–H groups in total. The minimum atomic E-state index is -0.0114. The van der Waals surface area contributed by atoms with Crippen LogP contribution in [0.15, 0.2) is 18.5 Å². The Morgan fingerprint density at radius 2 is 2.20 bits per heavy atom. The standard InChI is InChI=1S/C16H25N3O/c1-4-8-18-15-7-9-17-10-13(15)16(20)19-14-6-5-11(2)12(14)3/h7,9-12,14H,4-6,8H2,1-3H3,(H,17,18)(H,19,20). The van der Waals surface area contributed by atoms with E-state index in [0.29, 0.717) is 17.4 Å². The van der Waals surface area contributed by atoms with Crippen LogP contribution in [0.25, 0.3) is 0 Å². The highest BCUT2D eigenvalue weighted by Crippen LogP contribution is 2.31. The summed E-state index contributed by atoms with van der Waals surface area (Å²) in [6, 6.07) is 2.15. The average molecular weight is 275 g/mol. The van der Waals surface area contributed by atoms with Crippen molar-refractivity contribution in [3.8, 4) is 0 Å². The summed E-state index contributed by atoms with van der Waals surface area (Å²) >= 11 is 0. The van der Waals surface area contributed by atoms with Crippen molar-refractivity contribution in [1.29, 1.82) is 0 Å². The Hall–Kier alpha value is -1.58. The van der Waals surface area contributed by atoms with Crippen molar-refractivity contribution >= 4 is 11.6 Å². The van der Waals surface area contributed by atoms with Crippen LogP contribution in [-0.4, -0.2) is 23.5 Å². The molecule has 110 valence electrons. The van der Waals surface area contributed by atoms with Crippen LogP contribution < -0.4 is 10.6 Å². The predicted molar refractivity (Wildman–Crippen MR) is 81.8 cm³/mol. The Balaban J connectivity index is 2.05. The predicted octanol–water partition coefficient (Wildman–Crippen LogP) is 3.07. The lowest BCUT2D eigenvalue weighted by atomic mass is 9.97. The Labute approximate surface area is 121 Å². The first kappa shape index (κ1) is 14.8. The molecule has 1 aromatic rings. The van der Waals surface area contributed by atoms with Gasteiger partial charge in [-0.3, -0.25) is 9.78 Å². The van der Waals surface area contributed by atoms with Gasteiger partial charge in [0.05, 0.1) is 11.3 Å². The van der Waals surface area contributed by atoms with Crippen molar-refractivity contribution < 1.29 is 4.79 Å². The second-order valence-corrected chi connectivity index (χ2v) is 5.84. The van der Waals surface area contributed by atoms with Crippen LogP contribution in [0.1, 0.15) is 50.4 Å². The van der Waals surface area contributed by atoms with E-state index in [1.54, 1.807) is 12.4 Å². The molecule has 1 saturated carbocycles. The number of nitrogens with zero attached hydrogens (tertiary/aromatic N) is 1. The lowest BCUT2D eigenvalue weighted by Gasteiger charge is -2.20. The maximum Gasteiger partial charge on any atom is 0.255 e. The van der Waals surface area contributed by atoms with Crippen molar-refractivity contribution in [3.05, 3.63) is 24.0 Å². The lowest BCUT2D eigenvalue weighted by Crippen LogP contribution is -2.37. The molecule has 3 atom stereocenters. The van der Waals surface area contributed by atoms with Crippen LogP contribution in [0.3, 0.4) is 0 Å². The van der Waals surface area contributed by atoms with Gasteiger partial charge in [-0.1, -0.05) is 20.8 Å². The second kappa shape index (κ2) is 6.73. The molecular weight excluding hydrogens is 250 g/mol. The van der Waals surface area contributed by atoms with Crippen LogP contribution in [0, 0.1) is 11.8 Å². The lowest BCUT2D eigenvalue weighted by molar-refractivity contribution is 0.0928. The van der Waals surface area contributed by atoms with Gasteiger partial charge in [0.1, 0.15) is 0 Å². The maximum absolute atomic E-state index is 12.4. The third-order valence-electron chi connectivity index (χ3n) is 4.41. The number of aromatic nitrogens is 1. The summed E-state index contributed by atoms with van der Waals surface area (Å²) in [4.78, 5) is 16.5. The molecule has 3 unspecified atom stereocenters. The zero-order valence-corrected chi connectivity index (χ0v) is 12.6. The molecule has 1 fully saturated rings. The number of anilines is 1. The normalized spacial score (nSPS) is 25.4. The summed E-state index contributed by atoms with van der Waals surface area (Å²) in [5.41, 5.74) is 1.52. The largest absolute Gasteiger partial charge is 0.384 e.